The molecule has 0 aliphatic carbocycles. The fourth-order valence-electron chi connectivity index (χ4n) is 3.02. The Balaban J connectivity index is 2.27. The number of nitrogens with zero attached hydrogens (tertiary/aromatic N) is 2. The van der Waals surface area contributed by atoms with Crippen LogP contribution in [0.1, 0.15) is 28.4 Å². The second-order valence-corrected chi connectivity index (χ2v) is 8.70. The largest absolute Gasteiger partial charge is 0.339 e. The summed E-state index contributed by atoms with van der Waals surface area (Å²) in [5, 5.41) is 2.84. The smallest absolute Gasteiger partial charge is 0.193 e. The lowest BCUT2D eigenvalue weighted by Gasteiger charge is -2.15. The summed E-state index contributed by atoms with van der Waals surface area (Å²) in [5.41, 5.74) is 3.41. The van der Waals surface area contributed by atoms with E-state index in [0.29, 0.717) is 5.56 Å². The van der Waals surface area contributed by atoms with Crippen molar-refractivity contribution in [2.24, 2.45) is 0 Å². The summed E-state index contributed by atoms with van der Waals surface area (Å²) < 4.78 is 24.8. The molecule has 0 aliphatic rings. The molecular weight excluding hydrogens is 374 g/mol. The van der Waals surface area contributed by atoms with E-state index in [1.807, 2.05) is 50.2 Å². The standard InChI is InChI=1S/C21H21N3O3S/c1-13-10-14(2)12-17(11-13)22-20-18(15(3)25)21(28(4,26)27)24-19(23-20)16-8-6-5-7-9-16/h5-12H,1-4H3,(H,22,23,24). The molecule has 0 amide bonds. The number of hydrogen-bond acceptors (Lipinski definition) is 6. The summed E-state index contributed by atoms with van der Waals surface area (Å²) in [4.78, 5) is 21.0. The van der Waals surface area contributed by atoms with E-state index in [4.69, 9.17) is 0 Å². The molecule has 3 rings (SSSR count). The van der Waals surface area contributed by atoms with Gasteiger partial charge in [0.2, 0.25) is 0 Å². The Kier molecular flexibility index (Phi) is 5.29. The number of aryl methyl sites for hydroxylation is 2. The molecular formula is C21H21N3O3S. The first-order valence-corrected chi connectivity index (χ1v) is 10.6. The van der Waals surface area contributed by atoms with Gasteiger partial charge >= 0.3 is 0 Å². The monoisotopic (exact) mass is 395 g/mol. The minimum Gasteiger partial charge on any atom is -0.339 e. The number of Topliss-reactive ketones (excluding diaryl/α,β-unsaturated/α-hetero) is 1. The van der Waals surface area contributed by atoms with Crippen LogP contribution in [0.3, 0.4) is 0 Å². The molecule has 0 unspecified atom stereocenters. The Bertz CT molecular complexity index is 1140. The Morgan fingerprint density at radius 1 is 0.964 bits per heavy atom. The van der Waals surface area contributed by atoms with Crippen molar-refractivity contribution in [2.45, 2.75) is 25.8 Å². The third kappa shape index (κ3) is 4.26. The zero-order valence-corrected chi connectivity index (χ0v) is 17.0. The van der Waals surface area contributed by atoms with Gasteiger partial charge in [-0.15, -0.1) is 0 Å². The van der Waals surface area contributed by atoms with E-state index < -0.39 is 15.6 Å². The Morgan fingerprint density at radius 2 is 1.57 bits per heavy atom. The molecule has 28 heavy (non-hydrogen) atoms. The molecule has 7 heteroatoms. The van der Waals surface area contributed by atoms with Crippen molar-refractivity contribution in [3.63, 3.8) is 0 Å². The molecule has 1 aromatic heterocycles. The van der Waals surface area contributed by atoms with Gasteiger partial charge in [-0.1, -0.05) is 36.4 Å². The summed E-state index contributed by atoms with van der Waals surface area (Å²) in [6.07, 6.45) is 1.04. The van der Waals surface area contributed by atoms with E-state index in [1.165, 1.54) is 6.92 Å². The molecule has 0 spiro atoms. The average Bonchev–Trinajstić information content (AvgIpc) is 2.60. The maximum absolute atomic E-state index is 12.4. The van der Waals surface area contributed by atoms with Crippen LogP contribution in [0.5, 0.6) is 0 Å². The third-order valence-corrected chi connectivity index (χ3v) is 5.09. The van der Waals surface area contributed by atoms with Gasteiger partial charge in [0.15, 0.2) is 26.5 Å². The first-order valence-electron chi connectivity index (χ1n) is 8.69. The van der Waals surface area contributed by atoms with Gasteiger partial charge in [-0.2, -0.15) is 0 Å². The molecule has 0 saturated heterocycles. The van der Waals surface area contributed by atoms with E-state index >= 15 is 0 Å². The second-order valence-electron chi connectivity index (χ2n) is 6.77. The zero-order chi connectivity index (χ0) is 20.5. The summed E-state index contributed by atoms with van der Waals surface area (Å²) >= 11 is 0. The molecule has 0 fully saturated rings. The number of aromatic nitrogens is 2. The first kappa shape index (κ1) is 19.7. The first-order chi connectivity index (χ1) is 13.1. The van der Waals surface area contributed by atoms with E-state index in [2.05, 4.69) is 15.3 Å². The fourth-order valence-corrected chi connectivity index (χ4v) is 3.88. The van der Waals surface area contributed by atoms with Gasteiger partial charge in [0.25, 0.3) is 0 Å². The number of ketones is 1. The lowest BCUT2D eigenvalue weighted by Crippen LogP contribution is -2.14. The van der Waals surface area contributed by atoms with Crippen LogP contribution >= 0.6 is 0 Å². The molecule has 1 heterocycles. The summed E-state index contributed by atoms with van der Waals surface area (Å²) in [6.45, 7) is 5.23. The second kappa shape index (κ2) is 7.52. The topological polar surface area (TPSA) is 89.0 Å². The minimum absolute atomic E-state index is 0.0404. The van der Waals surface area contributed by atoms with Crippen LogP contribution in [0.2, 0.25) is 0 Å². The number of rotatable bonds is 5. The Hall–Kier alpha value is -3.06. The average molecular weight is 395 g/mol. The van der Waals surface area contributed by atoms with E-state index in [1.54, 1.807) is 12.1 Å². The summed E-state index contributed by atoms with van der Waals surface area (Å²) in [5.74, 6) is -0.0170. The SMILES string of the molecule is CC(=O)c1c(Nc2cc(C)cc(C)c2)nc(-c2ccccc2)nc1S(C)(=O)=O. The predicted octanol–water partition coefficient (Wildman–Crippen LogP) is 4.11. The molecule has 0 radical (unpaired) electrons. The lowest BCUT2D eigenvalue weighted by atomic mass is 10.1. The van der Waals surface area contributed by atoms with Crippen LogP contribution in [0.4, 0.5) is 11.5 Å². The van der Waals surface area contributed by atoms with Crippen LogP contribution in [0.15, 0.2) is 53.6 Å². The van der Waals surface area contributed by atoms with Gasteiger partial charge < -0.3 is 5.32 Å². The number of carbonyl (C=O) groups is 1. The van der Waals surface area contributed by atoms with Crippen molar-refractivity contribution in [2.75, 3.05) is 11.6 Å². The number of hydrogen-bond donors (Lipinski definition) is 1. The Morgan fingerprint density at radius 3 is 2.11 bits per heavy atom. The number of nitrogens with one attached hydrogen (secondary N) is 1. The van der Waals surface area contributed by atoms with Gasteiger partial charge in [-0.3, -0.25) is 4.79 Å². The van der Waals surface area contributed by atoms with Crippen LogP contribution in [-0.2, 0) is 9.84 Å². The highest BCUT2D eigenvalue weighted by molar-refractivity contribution is 7.90. The normalized spacial score (nSPS) is 11.3. The van der Waals surface area contributed by atoms with Crippen molar-refractivity contribution >= 4 is 27.1 Å². The third-order valence-electron chi connectivity index (χ3n) is 4.10. The molecule has 3 aromatic rings. The fraction of sp³-hybridized carbons (Fsp3) is 0.190. The molecule has 0 atom stereocenters. The highest BCUT2D eigenvalue weighted by atomic mass is 32.2. The molecule has 1 N–H and O–H groups in total. The molecule has 0 aliphatic heterocycles. The van der Waals surface area contributed by atoms with Gasteiger partial charge in [0.05, 0.1) is 5.56 Å². The maximum atomic E-state index is 12.4. The zero-order valence-electron chi connectivity index (χ0n) is 16.1. The number of carbonyl (C=O) groups excluding carboxylic acids is 1. The van der Waals surface area contributed by atoms with E-state index in [0.717, 1.165) is 23.1 Å². The highest BCUT2D eigenvalue weighted by Gasteiger charge is 2.25. The van der Waals surface area contributed by atoms with E-state index in [9.17, 15) is 13.2 Å². The van der Waals surface area contributed by atoms with Gasteiger partial charge in [-0.25, -0.2) is 18.4 Å². The number of benzene rings is 2. The van der Waals surface area contributed by atoms with Gasteiger partial charge in [0.1, 0.15) is 5.82 Å². The highest BCUT2D eigenvalue weighted by Crippen LogP contribution is 2.29. The molecule has 0 saturated carbocycles. The van der Waals surface area contributed by atoms with Crippen molar-refractivity contribution < 1.29 is 13.2 Å². The quantitative estimate of drug-likeness (QED) is 0.517. The molecule has 2 aromatic carbocycles. The molecule has 144 valence electrons. The van der Waals surface area contributed by atoms with E-state index in [-0.39, 0.29) is 22.2 Å². The predicted molar refractivity (Wildman–Crippen MR) is 110 cm³/mol. The van der Waals surface area contributed by atoms with Crippen LogP contribution in [0.25, 0.3) is 11.4 Å². The number of sulfone groups is 1. The minimum atomic E-state index is -3.75. The Labute approximate surface area is 164 Å². The maximum Gasteiger partial charge on any atom is 0.193 e. The van der Waals surface area contributed by atoms with Crippen molar-refractivity contribution in [3.8, 4) is 11.4 Å². The molecule has 6 nitrogen and oxygen atoms in total. The van der Waals surface area contributed by atoms with Crippen molar-refractivity contribution in [3.05, 3.63) is 65.2 Å². The summed E-state index contributed by atoms with van der Waals surface area (Å²) in [7, 11) is -3.75. The molecule has 0 bridgehead atoms. The van der Waals surface area contributed by atoms with Crippen LogP contribution < -0.4 is 5.32 Å². The van der Waals surface area contributed by atoms with Gasteiger partial charge in [-0.05, 0) is 44.0 Å². The summed E-state index contributed by atoms with van der Waals surface area (Å²) in [6, 6.07) is 14.9. The van der Waals surface area contributed by atoms with Crippen LogP contribution in [-0.4, -0.2) is 30.4 Å². The lowest BCUT2D eigenvalue weighted by molar-refractivity contribution is 0.101. The van der Waals surface area contributed by atoms with Gasteiger partial charge in [0, 0.05) is 17.5 Å². The van der Waals surface area contributed by atoms with Crippen LogP contribution in [0, 0.1) is 13.8 Å². The number of anilines is 2. The van der Waals surface area contributed by atoms with Crippen molar-refractivity contribution in [1.29, 1.82) is 0 Å². The van der Waals surface area contributed by atoms with Crippen molar-refractivity contribution in [1.82, 2.24) is 9.97 Å².